The van der Waals surface area contributed by atoms with Crippen LogP contribution in [0.3, 0.4) is 0 Å². The number of hydrogen-bond acceptors (Lipinski definition) is 3. The van der Waals surface area contributed by atoms with Gasteiger partial charge in [0.25, 0.3) is 0 Å². The fourth-order valence-electron chi connectivity index (χ4n) is 1.64. The normalized spacial score (nSPS) is 34.8. The Morgan fingerprint density at radius 3 is 3.08 bits per heavy atom. The minimum absolute atomic E-state index is 0.0845. The van der Waals surface area contributed by atoms with Gasteiger partial charge in [-0.05, 0) is 25.5 Å². The largest absolute Gasteiger partial charge is 0.467 e. The van der Waals surface area contributed by atoms with Crippen molar-refractivity contribution in [3.05, 3.63) is 24.2 Å². The number of rotatable bonds is 1. The highest BCUT2D eigenvalue weighted by Crippen LogP contribution is 2.33. The van der Waals surface area contributed by atoms with E-state index in [2.05, 4.69) is 0 Å². The van der Waals surface area contributed by atoms with E-state index in [0.29, 0.717) is 19.4 Å². The van der Waals surface area contributed by atoms with E-state index in [4.69, 9.17) is 9.15 Å². The molecule has 0 saturated carbocycles. The van der Waals surface area contributed by atoms with Gasteiger partial charge >= 0.3 is 0 Å². The zero-order valence-corrected chi connectivity index (χ0v) is 7.69. The van der Waals surface area contributed by atoms with Crippen LogP contribution in [0.1, 0.15) is 31.6 Å². The Morgan fingerprint density at radius 2 is 2.46 bits per heavy atom. The Morgan fingerprint density at radius 1 is 1.62 bits per heavy atom. The Hall–Kier alpha value is -0.800. The fraction of sp³-hybridized carbons (Fsp3) is 0.600. The molecule has 1 N–H and O–H groups in total. The van der Waals surface area contributed by atoms with Crippen molar-refractivity contribution >= 4 is 0 Å². The second-order valence-corrected chi connectivity index (χ2v) is 3.83. The van der Waals surface area contributed by atoms with Gasteiger partial charge in [-0.25, -0.2) is 0 Å². The minimum atomic E-state index is -0.615. The van der Waals surface area contributed by atoms with Crippen LogP contribution in [0, 0.1) is 0 Å². The third-order valence-electron chi connectivity index (χ3n) is 2.45. The maximum absolute atomic E-state index is 9.82. The van der Waals surface area contributed by atoms with Gasteiger partial charge in [-0.15, -0.1) is 0 Å². The summed E-state index contributed by atoms with van der Waals surface area (Å²) in [6.45, 7) is 2.43. The predicted octanol–water partition coefficient (Wildman–Crippen LogP) is 1.88. The highest BCUT2D eigenvalue weighted by atomic mass is 16.5. The lowest BCUT2D eigenvalue weighted by Gasteiger charge is -2.32. The van der Waals surface area contributed by atoms with Gasteiger partial charge in [0.15, 0.2) is 0 Å². The van der Waals surface area contributed by atoms with Gasteiger partial charge < -0.3 is 14.3 Å². The van der Waals surface area contributed by atoms with Gasteiger partial charge in [0.2, 0.25) is 0 Å². The zero-order valence-electron chi connectivity index (χ0n) is 7.69. The summed E-state index contributed by atoms with van der Waals surface area (Å²) in [5.74, 6) is 0.806. The molecule has 3 heteroatoms. The lowest BCUT2D eigenvalue weighted by atomic mass is 9.92. The maximum atomic E-state index is 9.82. The van der Waals surface area contributed by atoms with E-state index in [1.54, 1.807) is 6.26 Å². The summed E-state index contributed by atoms with van der Waals surface area (Å²) in [6.07, 6.45) is 2.85. The van der Waals surface area contributed by atoms with Crippen molar-refractivity contribution in [2.45, 2.75) is 31.5 Å². The van der Waals surface area contributed by atoms with Gasteiger partial charge in [-0.2, -0.15) is 0 Å². The van der Waals surface area contributed by atoms with Gasteiger partial charge in [0, 0.05) is 6.42 Å². The summed E-state index contributed by atoms with van der Waals surface area (Å²) >= 11 is 0. The molecule has 13 heavy (non-hydrogen) atoms. The van der Waals surface area contributed by atoms with E-state index >= 15 is 0 Å². The molecule has 2 rings (SSSR count). The number of aliphatic hydroxyl groups is 1. The summed E-state index contributed by atoms with van der Waals surface area (Å²) in [4.78, 5) is 0. The average molecular weight is 182 g/mol. The molecule has 1 fully saturated rings. The molecule has 0 amide bonds. The predicted molar refractivity (Wildman–Crippen MR) is 47.3 cm³/mol. The van der Waals surface area contributed by atoms with E-state index < -0.39 is 5.60 Å². The number of furan rings is 1. The summed E-state index contributed by atoms with van der Waals surface area (Å²) in [5, 5.41) is 9.82. The first kappa shape index (κ1) is 8.78. The topological polar surface area (TPSA) is 42.6 Å². The van der Waals surface area contributed by atoms with Gasteiger partial charge in [-0.1, -0.05) is 0 Å². The minimum Gasteiger partial charge on any atom is -0.467 e. The summed E-state index contributed by atoms with van der Waals surface area (Å²) in [5.41, 5.74) is -0.615. The molecule has 3 nitrogen and oxygen atoms in total. The molecule has 72 valence electrons. The van der Waals surface area contributed by atoms with Crippen molar-refractivity contribution in [1.82, 2.24) is 0 Å². The monoisotopic (exact) mass is 182 g/mol. The third-order valence-corrected chi connectivity index (χ3v) is 2.45. The molecule has 1 aliphatic heterocycles. The quantitative estimate of drug-likeness (QED) is 0.721. The number of ether oxygens (including phenoxy) is 1. The van der Waals surface area contributed by atoms with Crippen molar-refractivity contribution in [3.8, 4) is 0 Å². The highest BCUT2D eigenvalue weighted by molar-refractivity contribution is 5.04. The van der Waals surface area contributed by atoms with Crippen molar-refractivity contribution in [1.29, 1.82) is 0 Å². The van der Waals surface area contributed by atoms with Crippen LogP contribution in [-0.4, -0.2) is 17.3 Å². The lowest BCUT2D eigenvalue weighted by Crippen LogP contribution is -2.34. The van der Waals surface area contributed by atoms with E-state index in [1.807, 2.05) is 19.1 Å². The van der Waals surface area contributed by atoms with Crippen LogP contribution in [0.2, 0.25) is 0 Å². The van der Waals surface area contributed by atoms with Crippen molar-refractivity contribution < 1.29 is 14.3 Å². The molecule has 0 aromatic carbocycles. The molecule has 1 saturated heterocycles. The van der Waals surface area contributed by atoms with E-state index in [1.165, 1.54) is 0 Å². The number of hydrogen-bond donors (Lipinski definition) is 1. The molecule has 1 aliphatic rings. The Labute approximate surface area is 77.3 Å². The summed E-state index contributed by atoms with van der Waals surface area (Å²) in [6, 6.07) is 3.72. The molecular formula is C10H14O3. The van der Waals surface area contributed by atoms with E-state index in [-0.39, 0.29) is 6.10 Å². The molecule has 2 unspecified atom stereocenters. The molecule has 2 heterocycles. The van der Waals surface area contributed by atoms with Gasteiger partial charge in [0.05, 0.1) is 18.5 Å². The molecule has 0 radical (unpaired) electrons. The standard InChI is InChI=1S/C10H14O3/c1-10(11)4-6-13-9(7-10)8-3-2-5-12-8/h2-3,5,9,11H,4,6-7H2,1H3. The fourth-order valence-corrected chi connectivity index (χ4v) is 1.64. The van der Waals surface area contributed by atoms with Crippen molar-refractivity contribution in [2.24, 2.45) is 0 Å². The van der Waals surface area contributed by atoms with E-state index in [9.17, 15) is 5.11 Å². The van der Waals surface area contributed by atoms with E-state index in [0.717, 1.165) is 5.76 Å². The SMILES string of the molecule is CC1(O)CCOC(c2ccco2)C1. The Balaban J connectivity index is 2.09. The molecule has 0 aliphatic carbocycles. The first-order valence-electron chi connectivity index (χ1n) is 4.55. The van der Waals surface area contributed by atoms with Crippen LogP contribution in [0.15, 0.2) is 22.8 Å². The second-order valence-electron chi connectivity index (χ2n) is 3.83. The lowest BCUT2D eigenvalue weighted by molar-refractivity contribution is -0.101. The molecule has 2 atom stereocenters. The van der Waals surface area contributed by atoms with Crippen LogP contribution >= 0.6 is 0 Å². The van der Waals surface area contributed by atoms with Crippen LogP contribution in [0.4, 0.5) is 0 Å². The van der Waals surface area contributed by atoms with Crippen LogP contribution in [0.25, 0.3) is 0 Å². The summed E-state index contributed by atoms with van der Waals surface area (Å²) in [7, 11) is 0. The maximum Gasteiger partial charge on any atom is 0.132 e. The van der Waals surface area contributed by atoms with Crippen molar-refractivity contribution in [2.75, 3.05) is 6.61 Å². The summed E-state index contributed by atoms with van der Waals surface area (Å²) < 4.78 is 10.7. The highest BCUT2D eigenvalue weighted by Gasteiger charge is 2.32. The smallest absolute Gasteiger partial charge is 0.132 e. The second kappa shape index (κ2) is 3.16. The molecule has 1 aromatic heterocycles. The third kappa shape index (κ3) is 1.92. The van der Waals surface area contributed by atoms with Gasteiger partial charge in [-0.3, -0.25) is 0 Å². The molecule has 0 spiro atoms. The van der Waals surface area contributed by atoms with Gasteiger partial charge in [0.1, 0.15) is 11.9 Å². The zero-order chi connectivity index (χ0) is 9.31. The first-order valence-corrected chi connectivity index (χ1v) is 4.55. The Kier molecular flexibility index (Phi) is 2.14. The molecule has 1 aromatic rings. The Bertz CT molecular complexity index is 264. The van der Waals surface area contributed by atoms with Crippen LogP contribution in [0.5, 0.6) is 0 Å². The molecule has 0 bridgehead atoms. The van der Waals surface area contributed by atoms with Crippen molar-refractivity contribution in [3.63, 3.8) is 0 Å². The molecular weight excluding hydrogens is 168 g/mol. The first-order chi connectivity index (χ1) is 6.17. The van der Waals surface area contributed by atoms with Crippen LogP contribution in [-0.2, 0) is 4.74 Å². The van der Waals surface area contributed by atoms with Crippen LogP contribution < -0.4 is 0 Å². The average Bonchev–Trinajstić information content (AvgIpc) is 2.53.